The molecule has 1 saturated heterocycles. The molecule has 1 aliphatic heterocycles. The molecule has 2 rings (SSSR count). The minimum absolute atomic E-state index is 0.159. The Morgan fingerprint density at radius 3 is 2.67 bits per heavy atom. The van der Waals surface area contributed by atoms with Crippen LogP contribution in [0.5, 0.6) is 0 Å². The highest BCUT2D eigenvalue weighted by Gasteiger charge is 2.26. The van der Waals surface area contributed by atoms with Gasteiger partial charge in [0.15, 0.2) is 0 Å². The number of hydrogen-bond donors (Lipinski definition) is 2. The van der Waals surface area contributed by atoms with Gasteiger partial charge in [-0.2, -0.15) is 15.0 Å². The van der Waals surface area contributed by atoms with Crippen LogP contribution >= 0.6 is 0 Å². The summed E-state index contributed by atoms with van der Waals surface area (Å²) in [7, 11) is 0. The fourth-order valence-corrected chi connectivity index (χ4v) is 2.55. The van der Waals surface area contributed by atoms with Gasteiger partial charge in [0.05, 0.1) is 5.92 Å². The predicted molar refractivity (Wildman–Crippen MR) is 81.9 cm³/mol. The van der Waals surface area contributed by atoms with E-state index in [-0.39, 0.29) is 17.8 Å². The van der Waals surface area contributed by atoms with Crippen molar-refractivity contribution in [2.45, 2.75) is 26.7 Å². The van der Waals surface area contributed by atoms with Gasteiger partial charge in [-0.15, -0.1) is 0 Å². The van der Waals surface area contributed by atoms with E-state index in [4.69, 9.17) is 11.5 Å². The lowest BCUT2D eigenvalue weighted by molar-refractivity contribution is -0.122. The standard InChI is InChI=1S/C13H23N7O/c1-3-19(4-2)12-16-11(15)17-13(18-12)20-7-5-6-9(8-20)10(14)21/h9H,3-8H2,1-2H3,(H2,14,21)(H2,15,16,17,18). The highest BCUT2D eigenvalue weighted by molar-refractivity contribution is 5.77. The normalized spacial score (nSPS) is 18.6. The van der Waals surface area contributed by atoms with E-state index in [1.54, 1.807) is 0 Å². The van der Waals surface area contributed by atoms with E-state index in [0.717, 1.165) is 32.5 Å². The van der Waals surface area contributed by atoms with Crippen molar-refractivity contribution in [1.29, 1.82) is 0 Å². The third kappa shape index (κ3) is 3.50. The molecule has 2 heterocycles. The Morgan fingerprint density at radius 1 is 1.33 bits per heavy atom. The highest BCUT2D eigenvalue weighted by atomic mass is 16.1. The molecule has 1 aliphatic rings. The number of amides is 1. The Bertz CT molecular complexity index is 503. The van der Waals surface area contributed by atoms with Crippen molar-refractivity contribution in [3.63, 3.8) is 0 Å². The molecule has 0 spiro atoms. The van der Waals surface area contributed by atoms with Gasteiger partial charge in [-0.1, -0.05) is 0 Å². The second kappa shape index (κ2) is 6.55. The van der Waals surface area contributed by atoms with Crippen LogP contribution < -0.4 is 21.3 Å². The van der Waals surface area contributed by atoms with Gasteiger partial charge in [0.25, 0.3) is 0 Å². The van der Waals surface area contributed by atoms with E-state index < -0.39 is 0 Å². The largest absolute Gasteiger partial charge is 0.369 e. The van der Waals surface area contributed by atoms with Crippen molar-refractivity contribution in [3.8, 4) is 0 Å². The van der Waals surface area contributed by atoms with E-state index in [0.29, 0.717) is 18.4 Å². The number of nitrogen functional groups attached to an aromatic ring is 1. The van der Waals surface area contributed by atoms with Crippen molar-refractivity contribution < 1.29 is 4.79 Å². The zero-order valence-corrected chi connectivity index (χ0v) is 12.6. The van der Waals surface area contributed by atoms with Gasteiger partial charge in [0.2, 0.25) is 23.8 Å². The molecule has 4 N–H and O–H groups in total. The number of primary amides is 1. The molecule has 116 valence electrons. The molecule has 0 radical (unpaired) electrons. The summed E-state index contributed by atoms with van der Waals surface area (Å²) in [6.45, 7) is 6.99. The van der Waals surface area contributed by atoms with Gasteiger partial charge < -0.3 is 21.3 Å². The fraction of sp³-hybridized carbons (Fsp3) is 0.692. The number of carbonyl (C=O) groups excluding carboxylic acids is 1. The third-order valence-corrected chi connectivity index (χ3v) is 3.78. The summed E-state index contributed by atoms with van der Waals surface area (Å²) in [5, 5.41) is 0. The number of anilines is 3. The fourth-order valence-electron chi connectivity index (χ4n) is 2.55. The second-order valence-electron chi connectivity index (χ2n) is 5.15. The Kier molecular flexibility index (Phi) is 4.77. The van der Waals surface area contributed by atoms with Crippen LogP contribution in [0, 0.1) is 5.92 Å². The molecule has 21 heavy (non-hydrogen) atoms. The maximum Gasteiger partial charge on any atom is 0.231 e. The zero-order valence-electron chi connectivity index (χ0n) is 12.6. The zero-order chi connectivity index (χ0) is 15.4. The Labute approximate surface area is 124 Å². The quantitative estimate of drug-likeness (QED) is 0.785. The van der Waals surface area contributed by atoms with Crippen molar-refractivity contribution in [3.05, 3.63) is 0 Å². The first-order valence-electron chi connectivity index (χ1n) is 7.35. The number of piperidine rings is 1. The van der Waals surface area contributed by atoms with Crippen LogP contribution in [-0.4, -0.2) is 47.0 Å². The molecule has 1 fully saturated rings. The Morgan fingerprint density at radius 2 is 2.05 bits per heavy atom. The number of rotatable bonds is 5. The lowest BCUT2D eigenvalue weighted by atomic mass is 9.98. The first kappa shape index (κ1) is 15.3. The molecule has 1 amide bonds. The summed E-state index contributed by atoms with van der Waals surface area (Å²) in [6.07, 6.45) is 1.70. The molecular weight excluding hydrogens is 270 g/mol. The maximum absolute atomic E-state index is 11.4. The highest BCUT2D eigenvalue weighted by Crippen LogP contribution is 2.22. The summed E-state index contributed by atoms with van der Waals surface area (Å²) in [6, 6.07) is 0. The van der Waals surface area contributed by atoms with E-state index in [2.05, 4.69) is 15.0 Å². The molecule has 8 nitrogen and oxygen atoms in total. The predicted octanol–water partition coefficient (Wildman–Crippen LogP) is 0.00170. The summed E-state index contributed by atoms with van der Waals surface area (Å²) in [4.78, 5) is 28.2. The smallest absolute Gasteiger partial charge is 0.231 e. The van der Waals surface area contributed by atoms with Gasteiger partial charge >= 0.3 is 0 Å². The third-order valence-electron chi connectivity index (χ3n) is 3.78. The van der Waals surface area contributed by atoms with E-state index in [1.165, 1.54) is 0 Å². The Balaban J connectivity index is 2.24. The molecule has 8 heteroatoms. The van der Waals surface area contributed by atoms with Crippen molar-refractivity contribution in [2.75, 3.05) is 41.7 Å². The average Bonchev–Trinajstić information content (AvgIpc) is 2.48. The summed E-state index contributed by atoms with van der Waals surface area (Å²) >= 11 is 0. The number of nitrogens with two attached hydrogens (primary N) is 2. The van der Waals surface area contributed by atoms with Crippen LogP contribution in [0.25, 0.3) is 0 Å². The lowest BCUT2D eigenvalue weighted by Gasteiger charge is -2.31. The lowest BCUT2D eigenvalue weighted by Crippen LogP contribution is -2.42. The minimum Gasteiger partial charge on any atom is -0.369 e. The van der Waals surface area contributed by atoms with Gasteiger partial charge in [0, 0.05) is 26.2 Å². The van der Waals surface area contributed by atoms with Crippen molar-refractivity contribution in [1.82, 2.24) is 15.0 Å². The first-order chi connectivity index (χ1) is 10.0. The van der Waals surface area contributed by atoms with Crippen molar-refractivity contribution >= 4 is 23.8 Å². The molecule has 1 aromatic rings. The van der Waals surface area contributed by atoms with Crippen LogP contribution in [0.3, 0.4) is 0 Å². The topological polar surface area (TPSA) is 114 Å². The van der Waals surface area contributed by atoms with Gasteiger partial charge in [-0.3, -0.25) is 4.79 Å². The van der Waals surface area contributed by atoms with E-state index in [9.17, 15) is 4.79 Å². The number of hydrogen-bond acceptors (Lipinski definition) is 7. The molecule has 1 unspecified atom stereocenters. The minimum atomic E-state index is -0.273. The molecule has 0 bridgehead atoms. The Hall–Kier alpha value is -2.12. The van der Waals surface area contributed by atoms with Crippen LogP contribution in [0.2, 0.25) is 0 Å². The SMILES string of the molecule is CCN(CC)c1nc(N)nc(N2CCCC(C(N)=O)C2)n1. The number of nitrogens with zero attached hydrogens (tertiary/aromatic N) is 5. The summed E-state index contributed by atoms with van der Waals surface area (Å²) in [5.41, 5.74) is 11.2. The average molecular weight is 293 g/mol. The monoisotopic (exact) mass is 293 g/mol. The van der Waals surface area contributed by atoms with Crippen LogP contribution in [0.4, 0.5) is 17.8 Å². The van der Waals surface area contributed by atoms with E-state index in [1.807, 2.05) is 23.6 Å². The summed E-state index contributed by atoms with van der Waals surface area (Å²) < 4.78 is 0. The molecule has 0 aromatic carbocycles. The first-order valence-corrected chi connectivity index (χ1v) is 7.35. The van der Waals surface area contributed by atoms with Crippen LogP contribution in [0.15, 0.2) is 0 Å². The number of aromatic nitrogens is 3. The molecular formula is C13H23N7O. The second-order valence-corrected chi connectivity index (χ2v) is 5.15. The van der Waals surface area contributed by atoms with Crippen LogP contribution in [0.1, 0.15) is 26.7 Å². The van der Waals surface area contributed by atoms with E-state index >= 15 is 0 Å². The summed E-state index contributed by atoms with van der Waals surface area (Å²) in [5.74, 6) is 0.862. The van der Waals surface area contributed by atoms with Crippen molar-refractivity contribution in [2.24, 2.45) is 11.7 Å². The van der Waals surface area contributed by atoms with Gasteiger partial charge in [-0.05, 0) is 26.7 Å². The maximum atomic E-state index is 11.4. The van der Waals surface area contributed by atoms with Gasteiger partial charge in [0.1, 0.15) is 0 Å². The van der Waals surface area contributed by atoms with Crippen LogP contribution in [-0.2, 0) is 4.79 Å². The number of carbonyl (C=O) groups is 1. The molecule has 0 saturated carbocycles. The molecule has 1 aromatic heterocycles. The molecule has 1 atom stereocenters. The van der Waals surface area contributed by atoms with Gasteiger partial charge in [-0.25, -0.2) is 0 Å². The molecule has 0 aliphatic carbocycles.